The summed E-state index contributed by atoms with van der Waals surface area (Å²) in [5, 5.41) is 3.04. The van der Waals surface area contributed by atoms with Gasteiger partial charge in [0.25, 0.3) is 0 Å². The normalized spacial score (nSPS) is 16.6. The maximum absolute atomic E-state index is 13.9. The molecule has 0 heterocycles. The first-order chi connectivity index (χ1) is 10.1. The lowest BCUT2D eigenvalue weighted by atomic mass is 10.1. The van der Waals surface area contributed by atoms with Gasteiger partial charge in [0.05, 0.1) is 11.7 Å². The average Bonchev–Trinajstić information content (AvgIpc) is 2.86. The van der Waals surface area contributed by atoms with Crippen LogP contribution in [0.3, 0.4) is 0 Å². The van der Waals surface area contributed by atoms with Crippen LogP contribution < -0.4 is 11.1 Å². The molecule has 3 nitrogen and oxygen atoms in total. The Hall–Kier alpha value is -2.43. The molecule has 1 aliphatic rings. The number of primary amides is 1. The van der Waals surface area contributed by atoms with E-state index in [4.69, 9.17) is 5.73 Å². The van der Waals surface area contributed by atoms with Gasteiger partial charge in [-0.05, 0) is 48.2 Å². The zero-order chi connectivity index (χ0) is 15.0. The first-order valence-corrected chi connectivity index (χ1v) is 6.69. The van der Waals surface area contributed by atoms with E-state index in [9.17, 15) is 13.6 Å². The number of fused-ring (bicyclic) bond motifs is 1. The third-order valence-corrected chi connectivity index (χ3v) is 3.79. The van der Waals surface area contributed by atoms with Crippen molar-refractivity contribution in [3.63, 3.8) is 0 Å². The standard InChI is InChI=1S/C16H14F2N2O/c17-12-3-1-2-11-10(12)5-7-14(11)20-15-8-9(16(19)21)4-6-13(15)18/h1-4,6,8,14,20H,5,7H2,(H2,19,21). The van der Waals surface area contributed by atoms with Crippen LogP contribution in [0.25, 0.3) is 0 Å². The molecule has 0 spiro atoms. The van der Waals surface area contributed by atoms with Crippen molar-refractivity contribution in [3.05, 3.63) is 64.7 Å². The van der Waals surface area contributed by atoms with Crippen LogP contribution >= 0.6 is 0 Å². The third kappa shape index (κ3) is 2.46. The van der Waals surface area contributed by atoms with Crippen LogP contribution in [0.1, 0.15) is 33.9 Å². The molecule has 0 aromatic heterocycles. The Bertz CT molecular complexity index is 715. The van der Waals surface area contributed by atoms with Crippen LogP contribution in [0.4, 0.5) is 14.5 Å². The largest absolute Gasteiger partial charge is 0.376 e. The van der Waals surface area contributed by atoms with Gasteiger partial charge >= 0.3 is 0 Å². The molecule has 1 atom stereocenters. The average molecular weight is 288 g/mol. The molecule has 0 bridgehead atoms. The molecule has 3 rings (SSSR count). The van der Waals surface area contributed by atoms with Crippen LogP contribution in [0.2, 0.25) is 0 Å². The number of hydrogen-bond acceptors (Lipinski definition) is 2. The molecular formula is C16H14F2N2O. The smallest absolute Gasteiger partial charge is 0.248 e. The van der Waals surface area contributed by atoms with Crippen LogP contribution in [0, 0.1) is 11.6 Å². The summed E-state index contributed by atoms with van der Waals surface area (Å²) in [7, 11) is 0. The van der Waals surface area contributed by atoms with Crippen molar-refractivity contribution in [2.45, 2.75) is 18.9 Å². The van der Waals surface area contributed by atoms with Crippen LogP contribution in [0.5, 0.6) is 0 Å². The zero-order valence-corrected chi connectivity index (χ0v) is 11.2. The number of carbonyl (C=O) groups is 1. The van der Waals surface area contributed by atoms with E-state index in [0.29, 0.717) is 18.4 Å². The number of rotatable bonds is 3. The molecule has 1 amide bonds. The Labute approximate surface area is 120 Å². The fourth-order valence-corrected chi connectivity index (χ4v) is 2.74. The molecule has 0 saturated heterocycles. The lowest BCUT2D eigenvalue weighted by Crippen LogP contribution is -2.13. The second-order valence-electron chi connectivity index (χ2n) is 5.10. The van der Waals surface area contributed by atoms with E-state index in [2.05, 4.69) is 5.32 Å². The molecule has 0 radical (unpaired) electrons. The van der Waals surface area contributed by atoms with E-state index >= 15 is 0 Å². The summed E-state index contributed by atoms with van der Waals surface area (Å²) in [5.41, 5.74) is 7.13. The highest BCUT2D eigenvalue weighted by Gasteiger charge is 2.25. The highest BCUT2D eigenvalue weighted by molar-refractivity contribution is 5.93. The number of anilines is 1. The van der Waals surface area contributed by atoms with Gasteiger partial charge in [-0.15, -0.1) is 0 Å². The van der Waals surface area contributed by atoms with Gasteiger partial charge in [0.15, 0.2) is 0 Å². The molecule has 0 fully saturated rings. The van der Waals surface area contributed by atoms with E-state index in [1.807, 2.05) is 6.07 Å². The Balaban J connectivity index is 1.91. The predicted octanol–water partition coefficient (Wildman–Crippen LogP) is 3.16. The van der Waals surface area contributed by atoms with Crippen molar-refractivity contribution < 1.29 is 13.6 Å². The summed E-state index contributed by atoms with van der Waals surface area (Å²) in [6, 6.07) is 8.65. The summed E-state index contributed by atoms with van der Waals surface area (Å²) in [6.07, 6.45) is 1.29. The van der Waals surface area contributed by atoms with E-state index in [-0.39, 0.29) is 23.1 Å². The molecule has 21 heavy (non-hydrogen) atoms. The first kappa shape index (κ1) is 13.5. The number of nitrogens with two attached hydrogens (primary N) is 1. The SMILES string of the molecule is NC(=O)c1ccc(F)c(NC2CCc3c(F)cccc32)c1. The number of carbonyl (C=O) groups excluding carboxylic acids is 1. The summed E-state index contributed by atoms with van der Waals surface area (Å²) in [5.74, 6) is -1.32. The topological polar surface area (TPSA) is 55.1 Å². The van der Waals surface area contributed by atoms with Crippen LogP contribution in [0.15, 0.2) is 36.4 Å². The van der Waals surface area contributed by atoms with E-state index in [1.54, 1.807) is 6.07 Å². The van der Waals surface area contributed by atoms with Gasteiger partial charge < -0.3 is 11.1 Å². The fourth-order valence-electron chi connectivity index (χ4n) is 2.74. The van der Waals surface area contributed by atoms with Gasteiger partial charge in [0.1, 0.15) is 11.6 Å². The number of nitrogens with one attached hydrogen (secondary N) is 1. The highest BCUT2D eigenvalue weighted by Crippen LogP contribution is 2.35. The summed E-state index contributed by atoms with van der Waals surface area (Å²) < 4.78 is 27.5. The van der Waals surface area contributed by atoms with Crippen molar-refractivity contribution >= 4 is 11.6 Å². The summed E-state index contributed by atoms with van der Waals surface area (Å²) in [6.45, 7) is 0. The number of benzene rings is 2. The fraction of sp³-hybridized carbons (Fsp3) is 0.188. The van der Waals surface area contributed by atoms with Crippen LogP contribution in [-0.2, 0) is 6.42 Å². The van der Waals surface area contributed by atoms with Gasteiger partial charge in [0, 0.05) is 5.56 Å². The monoisotopic (exact) mass is 288 g/mol. The van der Waals surface area contributed by atoms with E-state index in [0.717, 1.165) is 5.56 Å². The summed E-state index contributed by atoms with van der Waals surface area (Å²) in [4.78, 5) is 11.2. The molecule has 3 N–H and O–H groups in total. The molecule has 108 valence electrons. The van der Waals surface area contributed by atoms with Gasteiger partial charge in [0.2, 0.25) is 5.91 Å². The van der Waals surface area contributed by atoms with Gasteiger partial charge in [-0.1, -0.05) is 12.1 Å². The van der Waals surface area contributed by atoms with Crippen molar-refractivity contribution in [3.8, 4) is 0 Å². The van der Waals surface area contributed by atoms with Gasteiger partial charge in [-0.2, -0.15) is 0 Å². The molecule has 0 saturated carbocycles. The lowest BCUT2D eigenvalue weighted by Gasteiger charge is -2.16. The van der Waals surface area contributed by atoms with Crippen molar-refractivity contribution in [2.24, 2.45) is 5.73 Å². The van der Waals surface area contributed by atoms with Crippen molar-refractivity contribution in [2.75, 3.05) is 5.32 Å². The van der Waals surface area contributed by atoms with Crippen LogP contribution in [-0.4, -0.2) is 5.91 Å². The molecule has 2 aromatic carbocycles. The Kier molecular flexibility index (Phi) is 3.33. The van der Waals surface area contributed by atoms with E-state index in [1.165, 1.54) is 24.3 Å². The number of halogens is 2. The second-order valence-corrected chi connectivity index (χ2v) is 5.10. The van der Waals surface area contributed by atoms with Crippen molar-refractivity contribution in [1.29, 1.82) is 0 Å². The van der Waals surface area contributed by atoms with Gasteiger partial charge in [-0.25, -0.2) is 8.78 Å². The summed E-state index contributed by atoms with van der Waals surface area (Å²) >= 11 is 0. The zero-order valence-electron chi connectivity index (χ0n) is 11.2. The van der Waals surface area contributed by atoms with Crippen molar-refractivity contribution in [1.82, 2.24) is 0 Å². The predicted molar refractivity (Wildman–Crippen MR) is 76.0 cm³/mol. The minimum Gasteiger partial charge on any atom is -0.376 e. The quantitative estimate of drug-likeness (QED) is 0.911. The second kappa shape index (κ2) is 5.16. The minimum atomic E-state index is -0.615. The molecule has 1 aliphatic carbocycles. The Morgan fingerprint density at radius 3 is 2.76 bits per heavy atom. The minimum absolute atomic E-state index is 0.173. The van der Waals surface area contributed by atoms with E-state index < -0.39 is 11.7 Å². The molecule has 1 unspecified atom stereocenters. The third-order valence-electron chi connectivity index (χ3n) is 3.79. The number of amides is 1. The first-order valence-electron chi connectivity index (χ1n) is 6.69. The van der Waals surface area contributed by atoms with Gasteiger partial charge in [-0.3, -0.25) is 4.79 Å². The number of hydrogen-bond donors (Lipinski definition) is 2. The maximum atomic E-state index is 13.9. The Morgan fingerprint density at radius 2 is 2.00 bits per heavy atom. The molecule has 0 aliphatic heterocycles. The molecule has 5 heteroatoms. The molecular weight excluding hydrogens is 274 g/mol. The lowest BCUT2D eigenvalue weighted by molar-refractivity contribution is 0.100. The molecule has 2 aromatic rings. The highest BCUT2D eigenvalue weighted by atomic mass is 19.1. The maximum Gasteiger partial charge on any atom is 0.248 e. The Morgan fingerprint density at radius 1 is 1.19 bits per heavy atom.